The third-order valence-corrected chi connectivity index (χ3v) is 3.96. The van der Waals surface area contributed by atoms with Crippen molar-refractivity contribution in [2.45, 2.75) is 46.2 Å². The van der Waals surface area contributed by atoms with Crippen molar-refractivity contribution in [3.05, 3.63) is 29.3 Å². The second-order valence-corrected chi connectivity index (χ2v) is 6.56. The number of aromatic nitrogens is 4. The first-order valence-corrected chi connectivity index (χ1v) is 8.55. The highest BCUT2D eigenvalue weighted by Gasteiger charge is 2.32. The van der Waals surface area contributed by atoms with Gasteiger partial charge in [0, 0.05) is 25.5 Å². The van der Waals surface area contributed by atoms with Crippen LogP contribution < -0.4 is 10.6 Å². The molecule has 0 saturated heterocycles. The summed E-state index contributed by atoms with van der Waals surface area (Å²) in [7, 11) is 0. The quantitative estimate of drug-likeness (QED) is 0.785. The topological polar surface area (TPSA) is 93.8 Å². The maximum absolute atomic E-state index is 12.7. The Bertz CT molecular complexity index is 765. The molecular weight excluding hydrogens is 344 g/mol. The average molecular weight is 367 g/mol. The Hall–Kier alpha value is -2.35. The molecule has 2 amide bonds. The van der Waals surface area contributed by atoms with Crippen LogP contribution in [0.5, 0.6) is 0 Å². The average Bonchev–Trinajstić information content (AvgIpc) is 3.19. The zero-order chi connectivity index (χ0) is 18.6. The number of amides is 2. The standard InChI is InChI=1S/C16H23ClN6O2/c1-5-7-18-14(24)13-12(10-22(6-2)21-13)20-15(25)16(3,4)23-9-11(17)8-19-23/h8-10H,5-7H2,1-4H3,(H,18,24)(H,20,25). The van der Waals surface area contributed by atoms with Crippen LogP contribution >= 0.6 is 11.6 Å². The van der Waals surface area contributed by atoms with Crippen LogP contribution in [0.2, 0.25) is 5.02 Å². The van der Waals surface area contributed by atoms with Crippen LogP contribution in [-0.4, -0.2) is 37.9 Å². The van der Waals surface area contributed by atoms with Crippen LogP contribution in [0.1, 0.15) is 44.6 Å². The van der Waals surface area contributed by atoms with Gasteiger partial charge in [-0.25, -0.2) is 0 Å². The van der Waals surface area contributed by atoms with Crippen LogP contribution in [0.25, 0.3) is 0 Å². The maximum atomic E-state index is 12.7. The van der Waals surface area contributed by atoms with Gasteiger partial charge in [0.15, 0.2) is 5.69 Å². The molecule has 0 aromatic carbocycles. The van der Waals surface area contributed by atoms with E-state index < -0.39 is 5.54 Å². The molecule has 2 N–H and O–H groups in total. The number of hydrogen-bond acceptors (Lipinski definition) is 4. The third-order valence-electron chi connectivity index (χ3n) is 3.76. The Kier molecular flexibility index (Phi) is 5.84. The van der Waals surface area contributed by atoms with Crippen molar-refractivity contribution in [1.82, 2.24) is 24.9 Å². The summed E-state index contributed by atoms with van der Waals surface area (Å²) < 4.78 is 3.08. The molecule has 136 valence electrons. The van der Waals surface area contributed by atoms with E-state index in [4.69, 9.17) is 11.6 Å². The van der Waals surface area contributed by atoms with E-state index in [2.05, 4.69) is 20.8 Å². The molecule has 0 atom stereocenters. The van der Waals surface area contributed by atoms with E-state index in [0.717, 1.165) is 6.42 Å². The lowest BCUT2D eigenvalue weighted by Crippen LogP contribution is -2.41. The summed E-state index contributed by atoms with van der Waals surface area (Å²) in [4.78, 5) is 25.0. The summed E-state index contributed by atoms with van der Waals surface area (Å²) in [6.07, 6.45) is 5.50. The van der Waals surface area contributed by atoms with Gasteiger partial charge in [-0.15, -0.1) is 0 Å². The summed E-state index contributed by atoms with van der Waals surface area (Å²) in [5.41, 5.74) is -0.428. The molecule has 0 saturated carbocycles. The van der Waals surface area contributed by atoms with Crippen molar-refractivity contribution in [3.63, 3.8) is 0 Å². The molecule has 0 fully saturated rings. The van der Waals surface area contributed by atoms with Gasteiger partial charge in [0.25, 0.3) is 11.8 Å². The molecule has 2 rings (SSSR count). The SMILES string of the molecule is CCCNC(=O)c1nn(CC)cc1NC(=O)C(C)(C)n1cc(Cl)cn1. The van der Waals surface area contributed by atoms with E-state index in [1.165, 1.54) is 10.9 Å². The zero-order valence-corrected chi connectivity index (χ0v) is 15.6. The number of nitrogens with zero attached hydrogens (tertiary/aromatic N) is 4. The van der Waals surface area contributed by atoms with Crippen molar-refractivity contribution < 1.29 is 9.59 Å². The van der Waals surface area contributed by atoms with Crippen LogP contribution in [-0.2, 0) is 16.9 Å². The van der Waals surface area contributed by atoms with Gasteiger partial charge >= 0.3 is 0 Å². The Labute approximate surface area is 151 Å². The van der Waals surface area contributed by atoms with E-state index in [1.807, 2.05) is 13.8 Å². The van der Waals surface area contributed by atoms with Gasteiger partial charge in [-0.2, -0.15) is 10.2 Å². The van der Waals surface area contributed by atoms with Crippen molar-refractivity contribution in [2.24, 2.45) is 0 Å². The first kappa shape index (κ1) is 19.0. The van der Waals surface area contributed by atoms with E-state index in [9.17, 15) is 9.59 Å². The monoisotopic (exact) mass is 366 g/mol. The van der Waals surface area contributed by atoms with Crippen LogP contribution in [0, 0.1) is 0 Å². The van der Waals surface area contributed by atoms with Crippen molar-refractivity contribution >= 4 is 29.1 Å². The number of nitrogens with one attached hydrogen (secondary N) is 2. The van der Waals surface area contributed by atoms with Gasteiger partial charge in [-0.05, 0) is 27.2 Å². The van der Waals surface area contributed by atoms with E-state index >= 15 is 0 Å². The molecule has 0 unspecified atom stereocenters. The molecule has 0 aliphatic carbocycles. The summed E-state index contributed by atoms with van der Waals surface area (Å²) in [6.45, 7) is 8.43. The van der Waals surface area contributed by atoms with Crippen molar-refractivity contribution in [1.29, 1.82) is 0 Å². The third kappa shape index (κ3) is 4.19. The Morgan fingerprint density at radius 3 is 2.56 bits per heavy atom. The summed E-state index contributed by atoms with van der Waals surface area (Å²) in [5.74, 6) is -0.642. The number of carbonyl (C=O) groups is 2. The number of aryl methyl sites for hydroxylation is 1. The van der Waals surface area contributed by atoms with Crippen LogP contribution in [0.15, 0.2) is 18.6 Å². The predicted molar refractivity (Wildman–Crippen MR) is 95.7 cm³/mol. The molecule has 2 heterocycles. The summed E-state index contributed by atoms with van der Waals surface area (Å²) in [6, 6.07) is 0. The number of rotatable bonds is 7. The number of anilines is 1. The second-order valence-electron chi connectivity index (χ2n) is 6.12. The fourth-order valence-electron chi connectivity index (χ4n) is 2.15. The first-order valence-electron chi connectivity index (χ1n) is 8.17. The van der Waals surface area contributed by atoms with E-state index in [-0.39, 0.29) is 17.5 Å². The molecule has 0 aliphatic rings. The Morgan fingerprint density at radius 1 is 1.28 bits per heavy atom. The first-order chi connectivity index (χ1) is 11.8. The zero-order valence-electron chi connectivity index (χ0n) is 14.8. The second kappa shape index (κ2) is 7.69. The van der Waals surface area contributed by atoms with Crippen LogP contribution in [0.4, 0.5) is 5.69 Å². The van der Waals surface area contributed by atoms with Crippen LogP contribution in [0.3, 0.4) is 0 Å². The van der Waals surface area contributed by atoms with Gasteiger partial charge in [0.2, 0.25) is 0 Å². The van der Waals surface area contributed by atoms with E-state index in [1.54, 1.807) is 30.9 Å². The molecule has 2 aromatic heterocycles. The van der Waals surface area contributed by atoms with Gasteiger partial charge in [0.1, 0.15) is 5.54 Å². The molecule has 0 aliphatic heterocycles. The Morgan fingerprint density at radius 2 is 2.00 bits per heavy atom. The van der Waals surface area contributed by atoms with E-state index in [0.29, 0.717) is 23.8 Å². The minimum absolute atomic E-state index is 0.193. The highest BCUT2D eigenvalue weighted by Crippen LogP contribution is 2.21. The molecule has 9 heteroatoms. The van der Waals surface area contributed by atoms with Gasteiger partial charge in [-0.1, -0.05) is 18.5 Å². The van der Waals surface area contributed by atoms with Crippen molar-refractivity contribution in [3.8, 4) is 0 Å². The number of carbonyl (C=O) groups excluding carboxylic acids is 2. The normalized spacial score (nSPS) is 11.4. The lowest BCUT2D eigenvalue weighted by Gasteiger charge is -2.24. The molecule has 0 radical (unpaired) electrons. The Balaban J connectivity index is 2.25. The molecule has 0 bridgehead atoms. The molecule has 25 heavy (non-hydrogen) atoms. The summed E-state index contributed by atoms with van der Waals surface area (Å²) >= 11 is 5.89. The van der Waals surface area contributed by atoms with Crippen molar-refractivity contribution in [2.75, 3.05) is 11.9 Å². The number of hydrogen-bond donors (Lipinski definition) is 2. The molecule has 2 aromatic rings. The largest absolute Gasteiger partial charge is 0.351 e. The molecule has 8 nitrogen and oxygen atoms in total. The maximum Gasteiger partial charge on any atom is 0.273 e. The highest BCUT2D eigenvalue weighted by atomic mass is 35.5. The number of halogens is 1. The molecule has 0 spiro atoms. The minimum atomic E-state index is -0.987. The summed E-state index contributed by atoms with van der Waals surface area (Å²) in [5, 5.41) is 14.3. The van der Waals surface area contributed by atoms with Gasteiger partial charge in [0.05, 0.1) is 16.9 Å². The lowest BCUT2D eigenvalue weighted by molar-refractivity contribution is -0.123. The van der Waals surface area contributed by atoms with Gasteiger partial charge in [-0.3, -0.25) is 19.0 Å². The minimum Gasteiger partial charge on any atom is -0.351 e. The smallest absolute Gasteiger partial charge is 0.273 e. The fourth-order valence-corrected chi connectivity index (χ4v) is 2.29. The highest BCUT2D eigenvalue weighted by molar-refractivity contribution is 6.30. The van der Waals surface area contributed by atoms with Gasteiger partial charge < -0.3 is 10.6 Å². The lowest BCUT2D eigenvalue weighted by atomic mass is 10.0. The molecular formula is C16H23ClN6O2. The fraction of sp³-hybridized carbons (Fsp3) is 0.500. The predicted octanol–water partition coefficient (Wildman–Crippen LogP) is 2.27.